The molecule has 6 heteroatoms. The third kappa shape index (κ3) is 4.50. The zero-order valence-corrected chi connectivity index (χ0v) is 16.3. The van der Waals surface area contributed by atoms with Gasteiger partial charge in [-0.05, 0) is 36.6 Å². The minimum atomic E-state index is -0.344. The van der Waals surface area contributed by atoms with E-state index in [1.165, 1.54) is 7.11 Å². The lowest BCUT2D eigenvalue weighted by atomic mass is 9.94. The van der Waals surface area contributed by atoms with Gasteiger partial charge in [-0.15, -0.1) is 0 Å². The predicted molar refractivity (Wildman–Crippen MR) is 107 cm³/mol. The highest BCUT2D eigenvalue weighted by molar-refractivity contribution is 6.07. The Labute approximate surface area is 164 Å². The number of benzene rings is 2. The first-order chi connectivity index (χ1) is 13.5. The number of likely N-dealkylation sites (tertiary alicyclic amines) is 1. The molecule has 1 fully saturated rings. The van der Waals surface area contributed by atoms with Crippen molar-refractivity contribution in [1.82, 2.24) is 10.2 Å². The Bertz CT molecular complexity index is 866. The number of carbonyl (C=O) groups is 3. The van der Waals surface area contributed by atoms with Crippen molar-refractivity contribution in [2.24, 2.45) is 5.92 Å². The second kappa shape index (κ2) is 8.87. The Morgan fingerprint density at radius 1 is 1.11 bits per heavy atom. The number of esters is 1. The molecule has 6 nitrogen and oxygen atoms in total. The standard InChI is InChI=1S/C22H26N2O4/c1-15(14-20(25)28-2)23-21(26)17-10-12-24(13-11-17)22(27)19-9-5-7-16-6-3-4-8-18(16)19/h3-9,15,17H,10-14H2,1-2H3,(H,23,26). The van der Waals surface area contributed by atoms with Gasteiger partial charge in [0, 0.05) is 30.6 Å². The Morgan fingerprint density at radius 2 is 1.79 bits per heavy atom. The smallest absolute Gasteiger partial charge is 0.307 e. The average molecular weight is 382 g/mol. The summed E-state index contributed by atoms with van der Waals surface area (Å²) < 4.78 is 4.63. The fourth-order valence-electron chi connectivity index (χ4n) is 3.67. The number of nitrogens with zero attached hydrogens (tertiary/aromatic N) is 1. The molecular formula is C22H26N2O4. The number of hydrogen-bond donors (Lipinski definition) is 1. The number of fused-ring (bicyclic) bond motifs is 1. The van der Waals surface area contributed by atoms with Crippen LogP contribution in [0.4, 0.5) is 0 Å². The summed E-state index contributed by atoms with van der Waals surface area (Å²) in [4.78, 5) is 38.6. The normalized spacial score (nSPS) is 15.9. The molecule has 1 unspecified atom stereocenters. The summed E-state index contributed by atoms with van der Waals surface area (Å²) in [5.74, 6) is -0.539. The van der Waals surface area contributed by atoms with E-state index in [0.717, 1.165) is 10.8 Å². The predicted octanol–water partition coefficient (Wildman–Crippen LogP) is 2.76. The van der Waals surface area contributed by atoms with Gasteiger partial charge < -0.3 is 15.0 Å². The molecule has 3 rings (SSSR count). The second-order valence-corrected chi connectivity index (χ2v) is 7.28. The summed E-state index contributed by atoms with van der Waals surface area (Å²) in [7, 11) is 1.33. The van der Waals surface area contributed by atoms with Crippen LogP contribution in [0, 0.1) is 5.92 Å². The zero-order chi connectivity index (χ0) is 20.1. The molecule has 0 bridgehead atoms. The van der Waals surface area contributed by atoms with E-state index in [1.54, 1.807) is 6.92 Å². The van der Waals surface area contributed by atoms with Crippen LogP contribution in [0.15, 0.2) is 42.5 Å². The zero-order valence-electron chi connectivity index (χ0n) is 16.3. The van der Waals surface area contributed by atoms with E-state index >= 15 is 0 Å². The van der Waals surface area contributed by atoms with Crippen LogP contribution >= 0.6 is 0 Å². The molecule has 1 aliphatic heterocycles. The number of nitrogens with one attached hydrogen (secondary N) is 1. The monoisotopic (exact) mass is 382 g/mol. The van der Waals surface area contributed by atoms with Crippen LogP contribution in [0.1, 0.15) is 36.5 Å². The number of methoxy groups -OCH3 is 1. The number of piperidine rings is 1. The fourth-order valence-corrected chi connectivity index (χ4v) is 3.67. The highest BCUT2D eigenvalue weighted by atomic mass is 16.5. The van der Waals surface area contributed by atoms with E-state index < -0.39 is 0 Å². The SMILES string of the molecule is COC(=O)CC(C)NC(=O)C1CCN(C(=O)c2cccc3ccccc23)CC1. The lowest BCUT2D eigenvalue weighted by Crippen LogP contribution is -2.45. The van der Waals surface area contributed by atoms with Crippen molar-refractivity contribution in [3.63, 3.8) is 0 Å². The molecular weight excluding hydrogens is 356 g/mol. The lowest BCUT2D eigenvalue weighted by Gasteiger charge is -2.32. The summed E-state index contributed by atoms with van der Waals surface area (Å²) >= 11 is 0. The van der Waals surface area contributed by atoms with Crippen molar-refractivity contribution in [3.05, 3.63) is 48.0 Å². The van der Waals surface area contributed by atoms with Crippen LogP contribution < -0.4 is 5.32 Å². The van der Waals surface area contributed by atoms with Crippen molar-refractivity contribution in [3.8, 4) is 0 Å². The minimum absolute atomic E-state index is 0.00900. The molecule has 0 aromatic heterocycles. The van der Waals surface area contributed by atoms with Crippen molar-refractivity contribution in [1.29, 1.82) is 0 Å². The van der Waals surface area contributed by atoms with Gasteiger partial charge in [0.15, 0.2) is 0 Å². The van der Waals surface area contributed by atoms with E-state index in [0.29, 0.717) is 31.5 Å². The number of hydrogen-bond acceptors (Lipinski definition) is 4. The molecule has 1 atom stereocenters. The van der Waals surface area contributed by atoms with Crippen molar-refractivity contribution in [2.45, 2.75) is 32.2 Å². The molecule has 2 amide bonds. The number of ether oxygens (including phenoxy) is 1. The van der Waals surface area contributed by atoms with Gasteiger partial charge in [-0.3, -0.25) is 14.4 Å². The van der Waals surface area contributed by atoms with Gasteiger partial charge in [-0.25, -0.2) is 0 Å². The van der Waals surface area contributed by atoms with E-state index in [2.05, 4.69) is 10.1 Å². The van der Waals surface area contributed by atoms with Gasteiger partial charge in [-0.2, -0.15) is 0 Å². The first-order valence-electron chi connectivity index (χ1n) is 9.64. The van der Waals surface area contributed by atoms with E-state index in [4.69, 9.17) is 0 Å². The summed E-state index contributed by atoms with van der Waals surface area (Å²) in [5.41, 5.74) is 0.702. The molecule has 1 N–H and O–H groups in total. The van der Waals surface area contributed by atoms with Crippen LogP contribution in [0.2, 0.25) is 0 Å². The highest BCUT2D eigenvalue weighted by Gasteiger charge is 2.29. The van der Waals surface area contributed by atoms with Crippen molar-refractivity contribution < 1.29 is 19.1 Å². The third-order valence-corrected chi connectivity index (χ3v) is 5.26. The lowest BCUT2D eigenvalue weighted by molar-refractivity contribution is -0.141. The van der Waals surface area contributed by atoms with Gasteiger partial charge in [-0.1, -0.05) is 36.4 Å². The molecule has 1 heterocycles. The van der Waals surface area contributed by atoms with Gasteiger partial charge >= 0.3 is 5.97 Å². The maximum absolute atomic E-state index is 13.0. The maximum Gasteiger partial charge on any atom is 0.307 e. The van der Waals surface area contributed by atoms with Crippen LogP contribution in [-0.2, 0) is 14.3 Å². The van der Waals surface area contributed by atoms with Gasteiger partial charge in [0.2, 0.25) is 5.91 Å². The summed E-state index contributed by atoms with van der Waals surface area (Å²) in [5, 5.41) is 4.87. The van der Waals surface area contributed by atoms with Crippen LogP contribution in [0.25, 0.3) is 10.8 Å². The largest absolute Gasteiger partial charge is 0.469 e. The van der Waals surface area contributed by atoms with E-state index in [-0.39, 0.29) is 36.2 Å². The molecule has 0 saturated carbocycles. The molecule has 0 aliphatic carbocycles. The fraction of sp³-hybridized carbons (Fsp3) is 0.409. The topological polar surface area (TPSA) is 75.7 Å². The summed E-state index contributed by atoms with van der Waals surface area (Å²) in [6.45, 7) is 2.88. The Balaban J connectivity index is 1.58. The van der Waals surface area contributed by atoms with Gasteiger partial charge in [0.1, 0.15) is 0 Å². The quantitative estimate of drug-likeness (QED) is 0.807. The number of carbonyl (C=O) groups excluding carboxylic acids is 3. The Kier molecular flexibility index (Phi) is 6.29. The van der Waals surface area contributed by atoms with Gasteiger partial charge in [0.25, 0.3) is 5.91 Å². The Morgan fingerprint density at radius 3 is 2.50 bits per heavy atom. The maximum atomic E-state index is 13.0. The molecule has 28 heavy (non-hydrogen) atoms. The minimum Gasteiger partial charge on any atom is -0.469 e. The first kappa shape index (κ1) is 19.9. The first-order valence-corrected chi connectivity index (χ1v) is 9.64. The molecule has 2 aromatic carbocycles. The molecule has 0 spiro atoms. The van der Waals surface area contributed by atoms with E-state index in [9.17, 15) is 14.4 Å². The molecule has 1 aliphatic rings. The summed E-state index contributed by atoms with van der Waals surface area (Å²) in [6.07, 6.45) is 1.39. The summed E-state index contributed by atoms with van der Waals surface area (Å²) in [6, 6.07) is 13.3. The van der Waals surface area contributed by atoms with Crippen LogP contribution in [0.3, 0.4) is 0 Å². The number of rotatable bonds is 5. The highest BCUT2D eigenvalue weighted by Crippen LogP contribution is 2.23. The molecule has 1 saturated heterocycles. The van der Waals surface area contributed by atoms with Crippen LogP contribution in [-0.4, -0.2) is 48.9 Å². The Hall–Kier alpha value is -2.89. The second-order valence-electron chi connectivity index (χ2n) is 7.28. The van der Waals surface area contributed by atoms with Gasteiger partial charge in [0.05, 0.1) is 13.5 Å². The van der Waals surface area contributed by atoms with Crippen LogP contribution in [0.5, 0.6) is 0 Å². The molecule has 0 radical (unpaired) electrons. The van der Waals surface area contributed by atoms with Crippen molar-refractivity contribution in [2.75, 3.05) is 20.2 Å². The van der Waals surface area contributed by atoms with E-state index in [1.807, 2.05) is 47.4 Å². The molecule has 2 aromatic rings. The molecule has 148 valence electrons. The van der Waals surface area contributed by atoms with Crippen molar-refractivity contribution >= 4 is 28.6 Å². The average Bonchev–Trinajstić information content (AvgIpc) is 2.72. The number of amides is 2. The third-order valence-electron chi connectivity index (χ3n) is 5.26.